The third-order valence-corrected chi connectivity index (χ3v) is 6.52. The Morgan fingerprint density at radius 3 is 2.31 bits per heavy atom. The Balaban J connectivity index is 1.95. The molecule has 0 bridgehead atoms. The maximum Gasteiger partial charge on any atom is 0.300 e. The van der Waals surface area contributed by atoms with Crippen molar-refractivity contribution in [1.29, 1.82) is 0 Å². The zero-order chi connectivity index (χ0) is 26.1. The van der Waals surface area contributed by atoms with Crippen LogP contribution in [0.4, 0.5) is 5.69 Å². The number of hydrogen-bond acceptors (Lipinski definition) is 5. The number of ketones is 1. The molecule has 3 aromatic rings. The van der Waals surface area contributed by atoms with Gasteiger partial charge in [0.15, 0.2) is 0 Å². The summed E-state index contributed by atoms with van der Waals surface area (Å²) in [5.41, 5.74) is 3.56. The first kappa shape index (κ1) is 25.5. The summed E-state index contributed by atoms with van der Waals surface area (Å²) >= 11 is 3.43. The van der Waals surface area contributed by atoms with Crippen molar-refractivity contribution >= 4 is 39.1 Å². The van der Waals surface area contributed by atoms with Crippen LogP contribution in [0.15, 0.2) is 70.7 Å². The topological polar surface area (TPSA) is 76.1 Å². The molecule has 1 N–H and O–H groups in total. The van der Waals surface area contributed by atoms with Crippen LogP contribution in [-0.4, -0.2) is 30.0 Å². The number of halogens is 1. The summed E-state index contributed by atoms with van der Waals surface area (Å²) in [7, 11) is 1.54. The second-order valence-corrected chi connectivity index (χ2v) is 9.96. The Hall–Kier alpha value is -3.58. The minimum Gasteiger partial charge on any atom is -0.507 e. The smallest absolute Gasteiger partial charge is 0.300 e. The van der Waals surface area contributed by atoms with Crippen LogP contribution in [0.1, 0.15) is 42.1 Å². The van der Waals surface area contributed by atoms with Gasteiger partial charge in [0.25, 0.3) is 11.7 Å². The molecule has 1 atom stereocenters. The lowest BCUT2D eigenvalue weighted by molar-refractivity contribution is -0.132. The molecular weight excluding hydrogens is 522 g/mol. The quantitative estimate of drug-likeness (QED) is 0.216. The number of anilines is 1. The van der Waals surface area contributed by atoms with E-state index in [0.29, 0.717) is 32.8 Å². The fourth-order valence-electron chi connectivity index (χ4n) is 4.50. The van der Waals surface area contributed by atoms with Gasteiger partial charge < -0.3 is 14.6 Å². The van der Waals surface area contributed by atoms with Gasteiger partial charge >= 0.3 is 0 Å². The molecule has 0 saturated carbocycles. The lowest BCUT2D eigenvalue weighted by atomic mass is 9.94. The monoisotopic (exact) mass is 549 g/mol. The van der Waals surface area contributed by atoms with Crippen molar-refractivity contribution < 1.29 is 24.2 Å². The lowest BCUT2D eigenvalue weighted by Crippen LogP contribution is -2.29. The maximum absolute atomic E-state index is 13.5. The highest BCUT2D eigenvalue weighted by atomic mass is 79.9. The van der Waals surface area contributed by atoms with Crippen molar-refractivity contribution in [3.63, 3.8) is 0 Å². The van der Waals surface area contributed by atoms with E-state index >= 15 is 0 Å². The molecule has 0 radical (unpaired) electrons. The average molecular weight is 550 g/mol. The van der Waals surface area contributed by atoms with Gasteiger partial charge in [0, 0.05) is 11.3 Å². The van der Waals surface area contributed by atoms with Gasteiger partial charge in [0.05, 0.1) is 29.3 Å². The van der Waals surface area contributed by atoms with Crippen LogP contribution in [0.5, 0.6) is 11.5 Å². The molecule has 1 aliphatic rings. The third kappa shape index (κ3) is 4.88. The number of aryl methyl sites for hydroxylation is 2. The SMILES string of the molecule is COc1ccc(/C(O)=C2\C(=O)C(=O)N(c3cc(C)cc(C)c3)C2c2cccc(OC(C)C)c2)cc1Br. The van der Waals surface area contributed by atoms with Gasteiger partial charge in [-0.05, 0) is 103 Å². The second kappa shape index (κ2) is 10.2. The van der Waals surface area contributed by atoms with Crippen molar-refractivity contribution in [3.05, 3.63) is 93.0 Å². The summed E-state index contributed by atoms with van der Waals surface area (Å²) in [6, 6.07) is 17.2. The molecule has 7 heteroatoms. The van der Waals surface area contributed by atoms with Crippen molar-refractivity contribution in [3.8, 4) is 11.5 Å². The molecule has 1 fully saturated rings. The Bertz CT molecular complexity index is 1360. The molecule has 1 saturated heterocycles. The number of aliphatic hydroxyl groups excluding tert-OH is 1. The number of carbonyl (C=O) groups excluding carboxylic acids is 2. The number of carbonyl (C=O) groups is 2. The van der Waals surface area contributed by atoms with Gasteiger partial charge in [0.1, 0.15) is 17.3 Å². The number of ether oxygens (including phenoxy) is 2. The molecule has 0 aliphatic carbocycles. The Morgan fingerprint density at radius 1 is 1.00 bits per heavy atom. The molecule has 3 aromatic carbocycles. The predicted molar refractivity (Wildman–Crippen MR) is 144 cm³/mol. The van der Waals surface area contributed by atoms with E-state index in [0.717, 1.165) is 11.1 Å². The van der Waals surface area contributed by atoms with Crippen LogP contribution in [-0.2, 0) is 9.59 Å². The average Bonchev–Trinajstić information content (AvgIpc) is 3.08. The van der Waals surface area contributed by atoms with Gasteiger partial charge in [0.2, 0.25) is 0 Å². The molecule has 6 nitrogen and oxygen atoms in total. The van der Waals surface area contributed by atoms with Crippen LogP contribution in [0, 0.1) is 13.8 Å². The van der Waals surface area contributed by atoms with E-state index in [2.05, 4.69) is 15.9 Å². The summed E-state index contributed by atoms with van der Waals surface area (Å²) in [6.45, 7) is 7.73. The lowest BCUT2D eigenvalue weighted by Gasteiger charge is -2.26. The zero-order valence-electron chi connectivity index (χ0n) is 20.8. The number of amides is 1. The van der Waals surface area contributed by atoms with Gasteiger partial charge in [-0.25, -0.2) is 0 Å². The minimum absolute atomic E-state index is 0.0120. The van der Waals surface area contributed by atoms with Crippen LogP contribution < -0.4 is 14.4 Å². The molecule has 1 aliphatic heterocycles. The van der Waals surface area contributed by atoms with Crippen molar-refractivity contribution in [2.75, 3.05) is 12.0 Å². The van der Waals surface area contributed by atoms with Gasteiger partial charge in [-0.15, -0.1) is 0 Å². The summed E-state index contributed by atoms with van der Waals surface area (Å²) in [4.78, 5) is 28.4. The molecule has 36 heavy (non-hydrogen) atoms. The number of benzene rings is 3. The molecule has 0 aromatic heterocycles. The fraction of sp³-hybridized carbons (Fsp3) is 0.241. The number of rotatable bonds is 6. The minimum atomic E-state index is -0.845. The molecule has 186 valence electrons. The Morgan fingerprint density at radius 2 is 1.69 bits per heavy atom. The van der Waals surface area contributed by atoms with Gasteiger partial charge in [-0.3, -0.25) is 14.5 Å². The van der Waals surface area contributed by atoms with Crippen molar-refractivity contribution in [2.45, 2.75) is 39.8 Å². The molecule has 4 rings (SSSR count). The first-order chi connectivity index (χ1) is 17.1. The van der Waals surface area contributed by atoms with E-state index in [-0.39, 0.29) is 17.4 Å². The summed E-state index contributed by atoms with van der Waals surface area (Å²) in [6.07, 6.45) is -0.0531. The molecule has 1 heterocycles. The van der Waals surface area contributed by atoms with Gasteiger partial charge in [-0.2, -0.15) is 0 Å². The van der Waals surface area contributed by atoms with E-state index in [4.69, 9.17) is 9.47 Å². The second-order valence-electron chi connectivity index (χ2n) is 9.10. The van der Waals surface area contributed by atoms with E-state index in [1.807, 2.05) is 70.2 Å². The Labute approximate surface area is 219 Å². The van der Waals surface area contributed by atoms with Crippen molar-refractivity contribution in [1.82, 2.24) is 0 Å². The van der Waals surface area contributed by atoms with Gasteiger partial charge in [-0.1, -0.05) is 18.2 Å². The highest BCUT2D eigenvalue weighted by Crippen LogP contribution is 2.43. The van der Waals surface area contributed by atoms with Crippen LogP contribution in [0.3, 0.4) is 0 Å². The van der Waals surface area contributed by atoms with Crippen LogP contribution in [0.2, 0.25) is 0 Å². The summed E-state index contributed by atoms with van der Waals surface area (Å²) in [5.74, 6) is -0.519. The largest absolute Gasteiger partial charge is 0.507 e. The number of hydrogen-bond donors (Lipinski definition) is 1. The number of nitrogens with zero attached hydrogens (tertiary/aromatic N) is 1. The summed E-state index contributed by atoms with van der Waals surface area (Å²) in [5, 5.41) is 11.4. The van der Waals surface area contributed by atoms with E-state index in [9.17, 15) is 14.7 Å². The van der Waals surface area contributed by atoms with Crippen LogP contribution in [0.25, 0.3) is 5.76 Å². The molecule has 1 unspecified atom stereocenters. The standard InChI is InChI=1S/C29H28BrNO5/c1-16(2)36-22-8-6-7-19(14-22)26-25(27(32)20-9-10-24(35-5)23(30)15-20)28(33)29(34)31(26)21-12-17(3)11-18(4)13-21/h6-16,26,32H,1-5H3/b27-25+. The molecule has 1 amide bonds. The molecule has 0 spiro atoms. The number of methoxy groups -OCH3 is 1. The predicted octanol–water partition coefficient (Wildman–Crippen LogP) is 6.49. The third-order valence-electron chi connectivity index (χ3n) is 5.90. The van der Waals surface area contributed by atoms with E-state index in [1.165, 1.54) is 4.90 Å². The van der Waals surface area contributed by atoms with Crippen LogP contribution >= 0.6 is 15.9 Å². The maximum atomic E-state index is 13.5. The molecular formula is C29H28BrNO5. The number of Topliss-reactive ketones (excluding diaryl/α,β-unsaturated/α-hetero) is 1. The van der Waals surface area contributed by atoms with E-state index < -0.39 is 17.7 Å². The highest BCUT2D eigenvalue weighted by molar-refractivity contribution is 9.10. The summed E-state index contributed by atoms with van der Waals surface area (Å²) < 4.78 is 11.8. The highest BCUT2D eigenvalue weighted by Gasteiger charge is 2.47. The Kier molecular flexibility index (Phi) is 7.22. The normalized spacial score (nSPS) is 17.1. The van der Waals surface area contributed by atoms with Crippen molar-refractivity contribution in [2.24, 2.45) is 0 Å². The first-order valence-electron chi connectivity index (χ1n) is 11.6. The fourth-order valence-corrected chi connectivity index (χ4v) is 5.04. The van der Waals surface area contributed by atoms with E-state index in [1.54, 1.807) is 25.3 Å². The first-order valence-corrected chi connectivity index (χ1v) is 12.4. The zero-order valence-corrected chi connectivity index (χ0v) is 22.4. The number of aliphatic hydroxyl groups is 1.